The van der Waals surface area contributed by atoms with E-state index in [1.54, 1.807) is 0 Å². The molecule has 7 N–H and O–H groups in total. The molecule has 20 heavy (non-hydrogen) atoms. The van der Waals surface area contributed by atoms with E-state index in [4.69, 9.17) is 15.6 Å². The Balaban J connectivity index is 3.16. The Bertz CT molecular complexity index is 426. The van der Waals surface area contributed by atoms with Crippen LogP contribution in [0, 0.1) is 0 Å². The van der Waals surface area contributed by atoms with E-state index in [1.165, 1.54) is 0 Å². The number of rotatable bonds is 6. The summed E-state index contributed by atoms with van der Waals surface area (Å²) in [7, 11) is -5.23. The van der Waals surface area contributed by atoms with Crippen LogP contribution in [0.2, 0.25) is 0 Å². The molecule has 0 aromatic rings. The highest BCUT2D eigenvalue weighted by molar-refractivity contribution is 7.49. The number of nitrogens with two attached hydrogens (primary N) is 1. The molecule has 116 valence electrons. The zero-order valence-electron chi connectivity index (χ0n) is 10.0. The molecule has 5 atom stereocenters. The Morgan fingerprint density at radius 3 is 2.25 bits per heavy atom. The summed E-state index contributed by atoms with van der Waals surface area (Å²) in [5.41, 5.74) is 4.86. The average Bonchev–Trinajstić information content (AvgIpc) is 2.61. The number of aliphatic hydroxyl groups is 3. The van der Waals surface area contributed by atoms with Gasteiger partial charge in [-0.15, -0.1) is 0 Å². The van der Waals surface area contributed by atoms with E-state index >= 15 is 0 Å². The predicted octanol–water partition coefficient (Wildman–Crippen LogP) is -4.13. The van der Waals surface area contributed by atoms with E-state index in [1.807, 2.05) is 0 Å². The summed E-state index contributed by atoms with van der Waals surface area (Å²) in [6, 6.07) is -2.07. The summed E-state index contributed by atoms with van der Waals surface area (Å²) in [6.07, 6.45) is -6.86. The number of hydrogen-bond acceptors (Lipinski definition) is 7. The van der Waals surface area contributed by atoms with Crippen molar-refractivity contribution in [1.82, 2.24) is 4.67 Å². The second-order valence-electron chi connectivity index (χ2n) is 4.11. The third-order valence-electron chi connectivity index (χ3n) is 2.78. The number of aldehydes is 1. The summed E-state index contributed by atoms with van der Waals surface area (Å²) >= 11 is 0. The highest BCUT2D eigenvalue weighted by atomic mass is 31.2. The Labute approximate surface area is 112 Å². The number of hydrogen-bond donors (Lipinski definition) is 6. The van der Waals surface area contributed by atoms with Gasteiger partial charge in [0.25, 0.3) is 0 Å². The van der Waals surface area contributed by atoms with Crippen LogP contribution in [-0.4, -0.2) is 79.2 Å². The average molecular weight is 314 g/mol. The summed E-state index contributed by atoms with van der Waals surface area (Å²) in [5.74, 6) is -1.37. The minimum absolute atomic E-state index is 0.0358. The predicted molar refractivity (Wildman–Crippen MR) is 60.7 cm³/mol. The fraction of sp³-hybridized carbons (Fsp3) is 0.750. The van der Waals surface area contributed by atoms with Crippen LogP contribution < -0.4 is 5.73 Å². The lowest BCUT2D eigenvalue weighted by Crippen LogP contribution is -2.52. The van der Waals surface area contributed by atoms with Crippen molar-refractivity contribution in [2.75, 3.05) is 6.61 Å². The molecule has 12 heteroatoms. The van der Waals surface area contributed by atoms with Crippen molar-refractivity contribution in [2.24, 2.45) is 5.73 Å². The van der Waals surface area contributed by atoms with Gasteiger partial charge in [-0.1, -0.05) is 0 Å². The van der Waals surface area contributed by atoms with E-state index in [0.29, 0.717) is 0 Å². The number of nitrogens with zero attached hydrogens (tertiary/aromatic N) is 1. The van der Waals surface area contributed by atoms with Crippen molar-refractivity contribution >= 4 is 19.9 Å². The van der Waals surface area contributed by atoms with Gasteiger partial charge in [-0.05, 0) is 0 Å². The maximum absolute atomic E-state index is 11.4. The highest BCUT2D eigenvalue weighted by Crippen LogP contribution is 2.46. The smallest absolute Gasteiger partial charge is 0.394 e. The molecule has 2 unspecified atom stereocenters. The third kappa shape index (κ3) is 3.22. The standard InChI is InChI=1S/C8H15N2O9P/c9-7(15)3(1-11)10(20(16,17)18)8-6(14)5(13)4(2-12)19-8/h1,3-6,8,12-14H,2H2,(H2,9,15)(H2,16,17,18)/t3?,4-,5-,6-,8?/m1/s1. The first-order valence-corrected chi connectivity index (χ1v) is 6.93. The molecule has 0 spiro atoms. The summed E-state index contributed by atoms with van der Waals surface area (Å²) in [5, 5.41) is 28.1. The van der Waals surface area contributed by atoms with Crippen LogP contribution in [0.1, 0.15) is 0 Å². The minimum atomic E-state index is -5.23. The number of aliphatic hydroxyl groups excluding tert-OH is 3. The minimum Gasteiger partial charge on any atom is -0.394 e. The van der Waals surface area contributed by atoms with Crippen LogP contribution in [0.4, 0.5) is 0 Å². The van der Waals surface area contributed by atoms with Crippen molar-refractivity contribution in [3.63, 3.8) is 0 Å². The molecule has 0 aliphatic carbocycles. The zero-order valence-corrected chi connectivity index (χ0v) is 10.9. The van der Waals surface area contributed by atoms with Crippen LogP contribution >= 0.6 is 7.75 Å². The highest BCUT2D eigenvalue weighted by Gasteiger charge is 2.52. The Kier molecular flexibility index (Phi) is 5.35. The number of primary amides is 1. The van der Waals surface area contributed by atoms with Gasteiger partial charge in [0.1, 0.15) is 30.8 Å². The first kappa shape index (κ1) is 17.1. The molecule has 1 aliphatic rings. The summed E-state index contributed by atoms with van der Waals surface area (Å²) in [4.78, 5) is 40.2. The van der Waals surface area contributed by atoms with Gasteiger partial charge in [0.15, 0.2) is 6.04 Å². The fourth-order valence-corrected chi connectivity index (χ4v) is 2.81. The number of amides is 1. The van der Waals surface area contributed by atoms with Gasteiger partial charge in [0.05, 0.1) is 6.61 Å². The number of carbonyl (C=O) groups excluding carboxylic acids is 2. The summed E-state index contributed by atoms with van der Waals surface area (Å²) < 4.78 is 16.2. The topological polar surface area (TPSA) is 191 Å². The summed E-state index contributed by atoms with van der Waals surface area (Å²) in [6.45, 7) is -0.744. The van der Waals surface area contributed by atoms with E-state index in [0.717, 1.165) is 0 Å². The molecule has 0 radical (unpaired) electrons. The third-order valence-corrected chi connectivity index (χ3v) is 3.86. The Morgan fingerprint density at radius 2 is 1.95 bits per heavy atom. The van der Waals surface area contributed by atoms with Crippen LogP contribution in [0.3, 0.4) is 0 Å². The zero-order chi connectivity index (χ0) is 15.7. The Hall–Kier alpha value is -0.910. The van der Waals surface area contributed by atoms with Gasteiger partial charge >= 0.3 is 7.75 Å². The van der Waals surface area contributed by atoms with Crippen molar-refractivity contribution in [2.45, 2.75) is 30.6 Å². The number of ether oxygens (including phenoxy) is 1. The largest absolute Gasteiger partial charge is 0.406 e. The van der Waals surface area contributed by atoms with Crippen molar-refractivity contribution in [3.8, 4) is 0 Å². The molecule has 0 aromatic heterocycles. The first-order valence-electron chi connectivity index (χ1n) is 5.36. The maximum atomic E-state index is 11.4. The van der Waals surface area contributed by atoms with Crippen LogP contribution in [0.25, 0.3) is 0 Å². The molecule has 1 amide bonds. The molecular formula is C8H15N2O9P. The molecule has 1 rings (SSSR count). The normalized spacial score (nSPS) is 32.3. The Morgan fingerprint density at radius 1 is 1.40 bits per heavy atom. The quantitative estimate of drug-likeness (QED) is 0.159. The van der Waals surface area contributed by atoms with Crippen LogP contribution in [0.5, 0.6) is 0 Å². The molecular weight excluding hydrogens is 299 g/mol. The van der Waals surface area contributed by atoms with Gasteiger partial charge in [-0.25, -0.2) is 4.57 Å². The van der Waals surface area contributed by atoms with E-state index in [-0.39, 0.29) is 11.0 Å². The van der Waals surface area contributed by atoms with Gasteiger partial charge in [0.2, 0.25) is 5.91 Å². The maximum Gasteiger partial charge on any atom is 0.406 e. The van der Waals surface area contributed by atoms with Gasteiger partial charge in [-0.2, -0.15) is 4.67 Å². The second kappa shape index (κ2) is 6.24. The number of carbonyl (C=O) groups is 2. The lowest BCUT2D eigenvalue weighted by molar-refractivity contribution is -0.136. The monoisotopic (exact) mass is 314 g/mol. The van der Waals surface area contributed by atoms with E-state index in [9.17, 15) is 34.2 Å². The molecule has 11 nitrogen and oxygen atoms in total. The van der Waals surface area contributed by atoms with E-state index < -0.39 is 50.8 Å². The van der Waals surface area contributed by atoms with Crippen molar-refractivity contribution < 1.29 is 44.0 Å². The molecule has 1 aliphatic heterocycles. The lowest BCUT2D eigenvalue weighted by atomic mass is 10.1. The molecule has 0 aromatic carbocycles. The van der Waals surface area contributed by atoms with E-state index in [2.05, 4.69) is 0 Å². The molecule has 1 saturated heterocycles. The van der Waals surface area contributed by atoms with Crippen molar-refractivity contribution in [1.29, 1.82) is 0 Å². The molecule has 1 fully saturated rings. The van der Waals surface area contributed by atoms with Gasteiger partial charge in [0, 0.05) is 0 Å². The fourth-order valence-electron chi connectivity index (χ4n) is 1.83. The molecule has 0 bridgehead atoms. The first-order chi connectivity index (χ1) is 9.15. The second-order valence-corrected chi connectivity index (χ2v) is 5.59. The lowest BCUT2D eigenvalue weighted by Gasteiger charge is -2.32. The van der Waals surface area contributed by atoms with Gasteiger partial charge in [-0.3, -0.25) is 4.79 Å². The van der Waals surface area contributed by atoms with Crippen LogP contribution in [0.15, 0.2) is 0 Å². The van der Waals surface area contributed by atoms with Crippen molar-refractivity contribution in [3.05, 3.63) is 0 Å². The van der Waals surface area contributed by atoms with Crippen LogP contribution in [-0.2, 0) is 18.9 Å². The van der Waals surface area contributed by atoms with Gasteiger partial charge < -0.3 is 40.4 Å². The SMILES string of the molecule is NC(=O)C(C=O)N(C1O[C@H](CO)[C@@H](O)[C@H]1O)P(=O)(O)O. The molecule has 1 heterocycles. The molecule has 0 saturated carbocycles.